The minimum absolute atomic E-state index is 1.19. The molecule has 0 amide bonds. The highest BCUT2D eigenvalue weighted by molar-refractivity contribution is 9.11. The molecule has 0 atom stereocenters. The van der Waals surface area contributed by atoms with E-state index in [0.717, 1.165) is 0 Å². The predicted molar refractivity (Wildman–Crippen MR) is 62.4 cm³/mol. The van der Waals surface area contributed by atoms with E-state index in [1.807, 2.05) is 28.2 Å². The van der Waals surface area contributed by atoms with Crippen LogP contribution in [0.3, 0.4) is 0 Å². The highest BCUT2D eigenvalue weighted by Gasteiger charge is 1.87. The minimum atomic E-state index is 1.19. The van der Waals surface area contributed by atoms with Gasteiger partial charge in [-0.15, -0.1) is 0 Å². The Bertz CT molecular complexity index is 273. The summed E-state index contributed by atoms with van der Waals surface area (Å²) in [6, 6.07) is 8.26. The normalized spacial score (nSPS) is 11.5. The van der Waals surface area contributed by atoms with E-state index >= 15 is 0 Å². The lowest BCUT2D eigenvalue weighted by Gasteiger charge is -1.94. The molecule has 0 aliphatic heterocycles. The van der Waals surface area contributed by atoms with Crippen molar-refractivity contribution in [1.82, 2.24) is 0 Å². The van der Waals surface area contributed by atoms with E-state index in [-0.39, 0.29) is 0 Å². The summed E-state index contributed by atoms with van der Waals surface area (Å²) in [6.07, 6.45) is 4.01. The summed E-state index contributed by atoms with van der Waals surface area (Å²) in [5.41, 5.74) is 2.38. The zero-order chi connectivity index (χ0) is 8.81. The molecule has 0 saturated heterocycles. The van der Waals surface area contributed by atoms with Crippen LogP contribution in [0, 0.1) is 0 Å². The molecule has 0 aliphatic carbocycles. The molecule has 0 aromatic heterocycles. The molecule has 62 valence electrons. The first kappa shape index (κ1) is 9.75. The highest BCUT2D eigenvalue weighted by atomic mass is 79.9. The largest absolute Gasteiger partial charge is 0.0611 e. The maximum absolute atomic E-state index is 3.24. The predicted octanol–water partition coefficient (Wildman–Crippen LogP) is 4.42. The van der Waals surface area contributed by atoms with E-state index in [0.29, 0.717) is 0 Å². The second-order valence-electron chi connectivity index (χ2n) is 2.26. The molecular weight excluding hydrogens is 280 g/mol. The highest BCUT2D eigenvalue weighted by Crippen LogP contribution is 2.10. The van der Waals surface area contributed by atoms with Gasteiger partial charge in [0, 0.05) is 0 Å². The Hall–Kier alpha value is -0.340. The summed E-state index contributed by atoms with van der Waals surface area (Å²) in [7, 11) is 0. The van der Waals surface area contributed by atoms with Crippen LogP contribution in [0.2, 0.25) is 0 Å². The summed E-state index contributed by atoms with van der Waals surface area (Å²) >= 11 is 6.48. The summed E-state index contributed by atoms with van der Waals surface area (Å²) in [5.74, 6) is 0. The van der Waals surface area contributed by atoms with Crippen molar-refractivity contribution in [3.63, 3.8) is 0 Å². The lowest BCUT2D eigenvalue weighted by atomic mass is 10.1. The first-order chi connectivity index (χ1) is 5.86. The lowest BCUT2D eigenvalue weighted by Crippen LogP contribution is -1.73. The fourth-order valence-corrected chi connectivity index (χ4v) is 1.52. The van der Waals surface area contributed by atoms with Crippen LogP contribution in [0.25, 0.3) is 12.2 Å². The van der Waals surface area contributed by atoms with Crippen LogP contribution >= 0.6 is 31.9 Å². The minimum Gasteiger partial charge on any atom is -0.0611 e. The SMILES string of the molecule is Br/C=C/c1cccc(/C=C/Br)c1. The van der Waals surface area contributed by atoms with Gasteiger partial charge in [0.1, 0.15) is 0 Å². The zero-order valence-corrected chi connectivity index (χ0v) is 9.55. The van der Waals surface area contributed by atoms with Crippen molar-refractivity contribution in [3.8, 4) is 0 Å². The van der Waals surface area contributed by atoms with Gasteiger partial charge in [-0.1, -0.05) is 50.1 Å². The van der Waals surface area contributed by atoms with Gasteiger partial charge in [-0.2, -0.15) is 0 Å². The molecule has 0 unspecified atom stereocenters. The Morgan fingerprint density at radius 1 is 0.917 bits per heavy atom. The smallest absolute Gasteiger partial charge is 0.0183 e. The Kier molecular flexibility index (Phi) is 4.33. The molecule has 0 aliphatic rings. The Morgan fingerprint density at radius 3 is 1.83 bits per heavy atom. The fraction of sp³-hybridized carbons (Fsp3) is 0. The second-order valence-corrected chi connectivity index (χ2v) is 3.31. The van der Waals surface area contributed by atoms with E-state index in [2.05, 4.69) is 50.1 Å². The van der Waals surface area contributed by atoms with Gasteiger partial charge in [0.2, 0.25) is 0 Å². The molecule has 1 rings (SSSR count). The standard InChI is InChI=1S/C10H8Br2/c11-6-4-9-2-1-3-10(8-9)5-7-12/h1-8H/b6-4+,7-5+. The van der Waals surface area contributed by atoms with Crippen LogP contribution in [0.1, 0.15) is 11.1 Å². The summed E-state index contributed by atoms with van der Waals surface area (Å²) < 4.78 is 0. The van der Waals surface area contributed by atoms with Gasteiger partial charge in [-0.25, -0.2) is 0 Å². The van der Waals surface area contributed by atoms with Crippen molar-refractivity contribution in [2.24, 2.45) is 0 Å². The third-order valence-electron chi connectivity index (χ3n) is 1.42. The van der Waals surface area contributed by atoms with Gasteiger partial charge in [-0.3, -0.25) is 0 Å². The molecule has 0 fully saturated rings. The fourth-order valence-electron chi connectivity index (χ4n) is 0.912. The molecule has 12 heavy (non-hydrogen) atoms. The summed E-state index contributed by atoms with van der Waals surface area (Å²) in [6.45, 7) is 0. The number of hydrogen-bond donors (Lipinski definition) is 0. The number of rotatable bonds is 2. The molecule has 0 nitrogen and oxygen atoms in total. The molecule has 0 saturated carbocycles. The molecule has 2 heteroatoms. The van der Waals surface area contributed by atoms with Crippen LogP contribution in [0.15, 0.2) is 34.2 Å². The molecular formula is C10H8Br2. The lowest BCUT2D eigenvalue weighted by molar-refractivity contribution is 1.62. The van der Waals surface area contributed by atoms with Crippen molar-refractivity contribution >= 4 is 44.0 Å². The molecule has 1 aromatic carbocycles. The number of halogens is 2. The first-order valence-electron chi connectivity index (χ1n) is 3.50. The van der Waals surface area contributed by atoms with Gasteiger partial charge < -0.3 is 0 Å². The van der Waals surface area contributed by atoms with E-state index in [4.69, 9.17) is 0 Å². The quantitative estimate of drug-likeness (QED) is 0.755. The van der Waals surface area contributed by atoms with Crippen molar-refractivity contribution in [3.05, 3.63) is 45.4 Å². The van der Waals surface area contributed by atoms with E-state index < -0.39 is 0 Å². The maximum Gasteiger partial charge on any atom is -0.0183 e. The van der Waals surface area contributed by atoms with Crippen LogP contribution in [0.4, 0.5) is 0 Å². The van der Waals surface area contributed by atoms with Gasteiger partial charge in [0.15, 0.2) is 0 Å². The van der Waals surface area contributed by atoms with Crippen molar-refractivity contribution < 1.29 is 0 Å². The molecule has 0 N–H and O–H groups in total. The van der Waals surface area contributed by atoms with Gasteiger partial charge >= 0.3 is 0 Å². The van der Waals surface area contributed by atoms with Gasteiger partial charge in [0.05, 0.1) is 0 Å². The average molecular weight is 288 g/mol. The molecule has 0 spiro atoms. The Labute approximate surface area is 89.2 Å². The van der Waals surface area contributed by atoms with Crippen LogP contribution in [0.5, 0.6) is 0 Å². The average Bonchev–Trinajstić information content (AvgIpc) is 2.06. The topological polar surface area (TPSA) is 0 Å². The van der Waals surface area contributed by atoms with Crippen molar-refractivity contribution in [2.45, 2.75) is 0 Å². The van der Waals surface area contributed by atoms with E-state index in [9.17, 15) is 0 Å². The zero-order valence-electron chi connectivity index (χ0n) is 6.37. The molecule has 0 heterocycles. The van der Waals surface area contributed by atoms with Crippen LogP contribution < -0.4 is 0 Å². The Morgan fingerprint density at radius 2 is 1.42 bits per heavy atom. The molecule has 0 radical (unpaired) electrons. The first-order valence-corrected chi connectivity index (χ1v) is 5.33. The van der Waals surface area contributed by atoms with E-state index in [1.165, 1.54) is 11.1 Å². The van der Waals surface area contributed by atoms with Crippen molar-refractivity contribution in [1.29, 1.82) is 0 Å². The third kappa shape index (κ3) is 2.95. The van der Waals surface area contributed by atoms with Crippen molar-refractivity contribution in [2.75, 3.05) is 0 Å². The van der Waals surface area contributed by atoms with Crippen LogP contribution in [-0.4, -0.2) is 0 Å². The van der Waals surface area contributed by atoms with Crippen LogP contribution in [-0.2, 0) is 0 Å². The van der Waals surface area contributed by atoms with E-state index in [1.54, 1.807) is 0 Å². The number of hydrogen-bond acceptors (Lipinski definition) is 0. The maximum atomic E-state index is 3.24. The van der Waals surface area contributed by atoms with Gasteiger partial charge in [0.25, 0.3) is 0 Å². The van der Waals surface area contributed by atoms with Gasteiger partial charge in [-0.05, 0) is 39.3 Å². The second kappa shape index (κ2) is 5.33. The molecule has 1 aromatic rings. The Balaban J connectivity index is 2.95. The molecule has 0 bridgehead atoms. The monoisotopic (exact) mass is 286 g/mol. The third-order valence-corrected chi connectivity index (χ3v) is 1.95. The summed E-state index contributed by atoms with van der Waals surface area (Å²) in [4.78, 5) is 3.70. The number of benzene rings is 1. The summed E-state index contributed by atoms with van der Waals surface area (Å²) in [5, 5.41) is 0.